The van der Waals surface area contributed by atoms with Crippen molar-refractivity contribution in [2.75, 3.05) is 18.2 Å². The lowest BCUT2D eigenvalue weighted by molar-refractivity contribution is 0.174. The molecule has 0 N–H and O–H groups in total. The van der Waals surface area contributed by atoms with Crippen molar-refractivity contribution < 1.29 is 13.9 Å². The highest BCUT2D eigenvalue weighted by molar-refractivity contribution is 6.05. The summed E-state index contributed by atoms with van der Waals surface area (Å²) in [5, 5.41) is 1.00. The largest absolute Gasteiger partial charge is 0.454 e. The van der Waals surface area contributed by atoms with Gasteiger partial charge in [0.25, 0.3) is 0 Å². The summed E-state index contributed by atoms with van der Waals surface area (Å²) in [5.41, 5.74) is 3.51. The maximum absolute atomic E-state index is 6.07. The number of rotatable bonds is 4. The van der Waals surface area contributed by atoms with E-state index < -0.39 is 0 Å². The van der Waals surface area contributed by atoms with Gasteiger partial charge in [0.05, 0.1) is 0 Å². The fourth-order valence-corrected chi connectivity index (χ4v) is 3.33. The zero-order chi connectivity index (χ0) is 17.5. The lowest BCUT2D eigenvalue weighted by atomic mass is 10.2. The second kappa shape index (κ2) is 5.91. The summed E-state index contributed by atoms with van der Waals surface area (Å²) < 4.78 is 16.9. The molecule has 26 heavy (non-hydrogen) atoms. The SMILES string of the molecule is CCN(Cc1ccc2c(c1)OCO2)c1ncnc2c1oc1ccccc12. The number of benzene rings is 2. The molecule has 2 aromatic carbocycles. The van der Waals surface area contributed by atoms with Gasteiger partial charge in [-0.15, -0.1) is 0 Å². The average molecular weight is 347 g/mol. The van der Waals surface area contributed by atoms with Gasteiger partial charge >= 0.3 is 0 Å². The Bertz CT molecular complexity index is 1110. The topological polar surface area (TPSA) is 60.6 Å². The zero-order valence-corrected chi connectivity index (χ0v) is 14.3. The van der Waals surface area contributed by atoms with Crippen LogP contribution in [0.25, 0.3) is 22.1 Å². The molecule has 5 rings (SSSR count). The molecule has 0 bridgehead atoms. The molecule has 0 spiro atoms. The summed E-state index contributed by atoms with van der Waals surface area (Å²) in [6.45, 7) is 3.86. The summed E-state index contributed by atoms with van der Waals surface area (Å²) in [5.74, 6) is 2.38. The third kappa shape index (κ3) is 2.34. The maximum Gasteiger partial charge on any atom is 0.231 e. The van der Waals surface area contributed by atoms with Gasteiger partial charge in [-0.3, -0.25) is 0 Å². The second-order valence-electron chi connectivity index (χ2n) is 6.18. The number of aromatic nitrogens is 2. The summed E-state index contributed by atoms with van der Waals surface area (Å²) in [6, 6.07) is 13.9. The number of para-hydroxylation sites is 1. The molecule has 0 fully saturated rings. The van der Waals surface area contributed by atoms with Crippen molar-refractivity contribution in [3.8, 4) is 11.5 Å². The molecular weight excluding hydrogens is 330 g/mol. The highest BCUT2D eigenvalue weighted by atomic mass is 16.7. The molecule has 0 saturated heterocycles. The van der Waals surface area contributed by atoms with Gasteiger partial charge in [-0.1, -0.05) is 18.2 Å². The molecule has 0 unspecified atom stereocenters. The minimum absolute atomic E-state index is 0.280. The van der Waals surface area contributed by atoms with E-state index in [1.807, 2.05) is 42.5 Å². The highest BCUT2D eigenvalue weighted by Gasteiger charge is 2.19. The van der Waals surface area contributed by atoms with Crippen molar-refractivity contribution in [3.05, 3.63) is 54.4 Å². The van der Waals surface area contributed by atoms with Crippen molar-refractivity contribution in [2.45, 2.75) is 13.5 Å². The molecule has 0 atom stereocenters. The Morgan fingerprint density at radius 3 is 2.85 bits per heavy atom. The van der Waals surface area contributed by atoms with Crippen LogP contribution in [0.5, 0.6) is 11.5 Å². The number of fused-ring (bicyclic) bond motifs is 4. The van der Waals surface area contributed by atoms with E-state index in [2.05, 4.69) is 21.8 Å². The molecule has 4 aromatic rings. The lowest BCUT2D eigenvalue weighted by Gasteiger charge is -2.21. The molecular formula is C20H17N3O3. The van der Waals surface area contributed by atoms with E-state index in [1.54, 1.807) is 6.33 Å². The number of hydrogen-bond donors (Lipinski definition) is 0. The molecule has 1 aliphatic rings. The summed E-state index contributed by atoms with van der Waals surface area (Å²) in [7, 11) is 0. The maximum atomic E-state index is 6.07. The molecule has 2 aromatic heterocycles. The fraction of sp³-hybridized carbons (Fsp3) is 0.200. The number of furan rings is 1. The van der Waals surface area contributed by atoms with Crippen LogP contribution in [0, 0.1) is 0 Å². The molecule has 0 aliphatic carbocycles. The Balaban J connectivity index is 1.56. The minimum atomic E-state index is 0.280. The molecule has 1 aliphatic heterocycles. The Morgan fingerprint density at radius 2 is 1.92 bits per heavy atom. The molecule has 0 saturated carbocycles. The first kappa shape index (κ1) is 15.0. The summed E-state index contributed by atoms with van der Waals surface area (Å²) in [6.07, 6.45) is 1.60. The Hall–Kier alpha value is -3.28. The van der Waals surface area contributed by atoms with Gasteiger partial charge in [-0.25, -0.2) is 9.97 Å². The van der Waals surface area contributed by atoms with Gasteiger partial charge in [0.15, 0.2) is 22.9 Å². The smallest absolute Gasteiger partial charge is 0.231 e. The zero-order valence-electron chi connectivity index (χ0n) is 14.3. The number of nitrogens with zero attached hydrogens (tertiary/aromatic N) is 3. The van der Waals surface area contributed by atoms with Crippen LogP contribution >= 0.6 is 0 Å². The van der Waals surface area contributed by atoms with Gasteiger partial charge in [-0.2, -0.15) is 0 Å². The van der Waals surface area contributed by atoms with Crippen LogP contribution in [0.3, 0.4) is 0 Å². The second-order valence-corrected chi connectivity index (χ2v) is 6.18. The van der Waals surface area contributed by atoms with E-state index in [0.29, 0.717) is 6.54 Å². The Morgan fingerprint density at radius 1 is 1.04 bits per heavy atom. The Labute approximate surface area is 150 Å². The molecule has 6 heteroatoms. The molecule has 3 heterocycles. The van der Waals surface area contributed by atoms with Gasteiger partial charge in [0.1, 0.15) is 17.4 Å². The van der Waals surface area contributed by atoms with Gasteiger partial charge in [0.2, 0.25) is 6.79 Å². The molecule has 130 valence electrons. The molecule has 0 amide bonds. The van der Waals surface area contributed by atoms with Crippen LogP contribution in [0.2, 0.25) is 0 Å². The fourth-order valence-electron chi connectivity index (χ4n) is 3.33. The lowest BCUT2D eigenvalue weighted by Crippen LogP contribution is -2.23. The van der Waals surface area contributed by atoms with E-state index in [1.165, 1.54) is 0 Å². The van der Waals surface area contributed by atoms with Gasteiger partial charge in [0, 0.05) is 18.5 Å². The molecule has 6 nitrogen and oxygen atoms in total. The molecule has 0 radical (unpaired) electrons. The van der Waals surface area contributed by atoms with E-state index in [4.69, 9.17) is 13.9 Å². The summed E-state index contributed by atoms with van der Waals surface area (Å²) >= 11 is 0. The van der Waals surface area contributed by atoms with Crippen LogP contribution in [-0.2, 0) is 6.54 Å². The van der Waals surface area contributed by atoms with Crippen LogP contribution in [-0.4, -0.2) is 23.3 Å². The first-order valence-electron chi connectivity index (χ1n) is 8.59. The normalized spacial score (nSPS) is 12.8. The number of ether oxygens (including phenoxy) is 2. The summed E-state index contributed by atoms with van der Waals surface area (Å²) in [4.78, 5) is 11.1. The highest BCUT2D eigenvalue weighted by Crippen LogP contribution is 2.35. The van der Waals surface area contributed by atoms with Gasteiger partial charge in [-0.05, 0) is 36.8 Å². The van der Waals surface area contributed by atoms with Crippen molar-refractivity contribution in [1.29, 1.82) is 0 Å². The van der Waals surface area contributed by atoms with Crippen molar-refractivity contribution >= 4 is 27.9 Å². The van der Waals surface area contributed by atoms with Crippen LogP contribution in [0.4, 0.5) is 5.82 Å². The monoisotopic (exact) mass is 347 g/mol. The van der Waals surface area contributed by atoms with Crippen LogP contribution in [0.1, 0.15) is 12.5 Å². The van der Waals surface area contributed by atoms with Crippen LogP contribution in [0.15, 0.2) is 53.2 Å². The average Bonchev–Trinajstić information content (AvgIpc) is 3.29. The van der Waals surface area contributed by atoms with Crippen molar-refractivity contribution in [2.24, 2.45) is 0 Å². The van der Waals surface area contributed by atoms with E-state index in [0.717, 1.165) is 51.5 Å². The third-order valence-electron chi connectivity index (χ3n) is 4.63. The first-order valence-corrected chi connectivity index (χ1v) is 8.59. The standard InChI is InChI=1S/C20H17N3O3/c1-2-23(10-13-7-8-16-17(9-13)25-12-24-16)20-19-18(21-11-22-20)14-5-3-4-6-15(14)26-19/h3-9,11H,2,10,12H2,1H3. The predicted molar refractivity (Wildman–Crippen MR) is 98.6 cm³/mol. The van der Waals surface area contributed by atoms with E-state index in [-0.39, 0.29) is 6.79 Å². The van der Waals surface area contributed by atoms with Crippen LogP contribution < -0.4 is 14.4 Å². The van der Waals surface area contributed by atoms with Gasteiger partial charge < -0.3 is 18.8 Å². The first-order chi connectivity index (χ1) is 12.8. The number of hydrogen-bond acceptors (Lipinski definition) is 6. The van der Waals surface area contributed by atoms with Crippen molar-refractivity contribution in [1.82, 2.24) is 9.97 Å². The third-order valence-corrected chi connectivity index (χ3v) is 4.63. The number of anilines is 1. The quantitative estimate of drug-likeness (QED) is 0.553. The minimum Gasteiger partial charge on any atom is -0.454 e. The predicted octanol–water partition coefficient (Wildman–Crippen LogP) is 4.13. The van der Waals surface area contributed by atoms with E-state index >= 15 is 0 Å². The van der Waals surface area contributed by atoms with E-state index in [9.17, 15) is 0 Å². The van der Waals surface area contributed by atoms with Crippen molar-refractivity contribution in [3.63, 3.8) is 0 Å². The Kier molecular flexibility index (Phi) is 3.41.